The summed E-state index contributed by atoms with van der Waals surface area (Å²) in [5.74, 6) is 1.40. The molecule has 0 fully saturated rings. The van der Waals surface area contributed by atoms with Crippen LogP contribution in [0.25, 0.3) is 10.7 Å². The Balaban J connectivity index is 1.25. The van der Waals surface area contributed by atoms with Crippen LogP contribution in [0.5, 0.6) is 0 Å². The summed E-state index contributed by atoms with van der Waals surface area (Å²) in [6.07, 6.45) is 3.52. The molecule has 162 valence electrons. The Morgan fingerprint density at radius 1 is 1.06 bits per heavy atom. The molecule has 0 radical (unpaired) electrons. The van der Waals surface area contributed by atoms with Gasteiger partial charge in [0.05, 0.1) is 10.9 Å². The first-order valence-corrected chi connectivity index (χ1v) is 11.9. The molecule has 0 bridgehead atoms. The van der Waals surface area contributed by atoms with E-state index in [9.17, 15) is 4.79 Å². The van der Waals surface area contributed by atoms with Gasteiger partial charge in [-0.05, 0) is 47.4 Å². The number of hydrogen-bond acceptors (Lipinski definition) is 5. The Hall–Kier alpha value is -3.25. The Kier molecular flexibility index (Phi) is 6.12. The zero-order chi connectivity index (χ0) is 21.8. The van der Waals surface area contributed by atoms with Crippen LogP contribution in [0.3, 0.4) is 0 Å². The molecule has 1 amide bonds. The lowest BCUT2D eigenvalue weighted by atomic mass is 9.88. The van der Waals surface area contributed by atoms with E-state index in [2.05, 4.69) is 63.6 Å². The maximum Gasteiger partial charge on any atom is 0.226 e. The Morgan fingerprint density at radius 2 is 1.91 bits per heavy atom. The van der Waals surface area contributed by atoms with E-state index >= 15 is 0 Å². The molecule has 32 heavy (non-hydrogen) atoms. The SMILES string of the molecule is O=C(CCCc1nc(-c2cccs2)no1)N1CCc2ccccc2[C@H]1Cc1ccccc1. The lowest BCUT2D eigenvalue weighted by Crippen LogP contribution is -2.41. The standard InChI is InChI=1S/C26H25N3O2S/c30-25(14-6-13-24-27-26(28-31-24)23-12-7-17-32-23)29-16-15-20-10-4-5-11-21(20)22(29)18-19-8-2-1-3-9-19/h1-5,7-12,17,22H,6,13-16,18H2/t22-/m1/s1. The maximum atomic E-state index is 13.3. The van der Waals surface area contributed by atoms with Crippen LogP contribution in [0, 0.1) is 0 Å². The summed E-state index contributed by atoms with van der Waals surface area (Å²) < 4.78 is 5.38. The molecule has 0 saturated carbocycles. The molecule has 1 atom stereocenters. The van der Waals surface area contributed by atoms with Crippen molar-refractivity contribution in [2.24, 2.45) is 0 Å². The van der Waals surface area contributed by atoms with Crippen LogP contribution in [-0.4, -0.2) is 27.5 Å². The van der Waals surface area contributed by atoms with E-state index in [4.69, 9.17) is 4.52 Å². The zero-order valence-corrected chi connectivity index (χ0v) is 18.6. The predicted octanol–water partition coefficient (Wildman–Crippen LogP) is 5.49. The third kappa shape index (κ3) is 4.50. The Labute approximate surface area is 191 Å². The van der Waals surface area contributed by atoms with Gasteiger partial charge in [-0.2, -0.15) is 4.98 Å². The van der Waals surface area contributed by atoms with Gasteiger partial charge >= 0.3 is 0 Å². The van der Waals surface area contributed by atoms with Crippen LogP contribution >= 0.6 is 11.3 Å². The van der Waals surface area contributed by atoms with Crippen molar-refractivity contribution in [2.75, 3.05) is 6.54 Å². The van der Waals surface area contributed by atoms with E-state index in [-0.39, 0.29) is 11.9 Å². The largest absolute Gasteiger partial charge is 0.339 e. The van der Waals surface area contributed by atoms with Gasteiger partial charge in [0, 0.05) is 19.4 Å². The molecule has 0 N–H and O–H groups in total. The minimum absolute atomic E-state index is 0.0729. The molecule has 4 aromatic rings. The highest BCUT2D eigenvalue weighted by Crippen LogP contribution is 2.33. The first-order valence-electron chi connectivity index (χ1n) is 11.1. The third-order valence-electron chi connectivity index (χ3n) is 6.00. The van der Waals surface area contributed by atoms with Crippen molar-refractivity contribution in [1.82, 2.24) is 15.0 Å². The molecule has 0 saturated heterocycles. The van der Waals surface area contributed by atoms with E-state index in [0.29, 0.717) is 31.0 Å². The third-order valence-corrected chi connectivity index (χ3v) is 6.86. The van der Waals surface area contributed by atoms with Gasteiger partial charge < -0.3 is 9.42 Å². The van der Waals surface area contributed by atoms with Gasteiger partial charge in [-0.15, -0.1) is 11.3 Å². The molecular formula is C26H25N3O2S. The number of carbonyl (C=O) groups is 1. The zero-order valence-electron chi connectivity index (χ0n) is 17.8. The number of aromatic nitrogens is 2. The van der Waals surface area contributed by atoms with Crippen molar-refractivity contribution >= 4 is 17.2 Å². The number of nitrogens with zero attached hydrogens (tertiary/aromatic N) is 3. The van der Waals surface area contributed by atoms with Crippen molar-refractivity contribution < 1.29 is 9.32 Å². The van der Waals surface area contributed by atoms with Gasteiger partial charge in [0.2, 0.25) is 17.6 Å². The quantitative estimate of drug-likeness (QED) is 0.379. The van der Waals surface area contributed by atoms with Gasteiger partial charge in [-0.3, -0.25) is 4.79 Å². The first kappa shape index (κ1) is 20.6. The summed E-state index contributed by atoms with van der Waals surface area (Å²) >= 11 is 1.59. The minimum Gasteiger partial charge on any atom is -0.339 e. The lowest BCUT2D eigenvalue weighted by Gasteiger charge is -2.38. The van der Waals surface area contributed by atoms with E-state index in [0.717, 1.165) is 24.3 Å². The number of hydrogen-bond donors (Lipinski definition) is 0. The lowest BCUT2D eigenvalue weighted by molar-refractivity contribution is -0.134. The molecule has 2 aromatic heterocycles. The van der Waals surface area contributed by atoms with Crippen LogP contribution in [0.15, 0.2) is 76.6 Å². The summed E-state index contributed by atoms with van der Waals surface area (Å²) in [5, 5.41) is 6.05. The predicted molar refractivity (Wildman–Crippen MR) is 125 cm³/mol. The number of amides is 1. The molecule has 6 heteroatoms. The topological polar surface area (TPSA) is 59.2 Å². The molecule has 0 aliphatic carbocycles. The van der Waals surface area contributed by atoms with E-state index in [1.165, 1.54) is 16.7 Å². The second kappa shape index (κ2) is 9.49. The second-order valence-electron chi connectivity index (χ2n) is 8.08. The Bertz CT molecular complexity index is 1170. The molecule has 0 spiro atoms. The van der Waals surface area contributed by atoms with Gasteiger partial charge in [-0.1, -0.05) is 65.8 Å². The fraction of sp³-hybridized carbons (Fsp3) is 0.269. The van der Waals surface area contributed by atoms with Crippen molar-refractivity contribution in [3.05, 3.63) is 94.7 Å². The number of fused-ring (bicyclic) bond motifs is 1. The van der Waals surface area contributed by atoms with E-state index in [1.807, 2.05) is 23.6 Å². The van der Waals surface area contributed by atoms with Crippen molar-refractivity contribution in [1.29, 1.82) is 0 Å². The first-order chi connectivity index (χ1) is 15.8. The number of rotatable bonds is 7. The Morgan fingerprint density at radius 3 is 2.75 bits per heavy atom. The number of benzene rings is 2. The fourth-order valence-corrected chi connectivity index (χ4v) is 5.05. The molecule has 5 rings (SSSR count). The van der Waals surface area contributed by atoms with Crippen LogP contribution < -0.4 is 0 Å². The van der Waals surface area contributed by atoms with Crippen LogP contribution in [0.2, 0.25) is 0 Å². The van der Waals surface area contributed by atoms with E-state index in [1.54, 1.807) is 11.3 Å². The summed E-state index contributed by atoms with van der Waals surface area (Å²) in [6.45, 7) is 0.760. The molecule has 1 aliphatic heterocycles. The normalized spacial score (nSPS) is 15.5. The van der Waals surface area contributed by atoms with Crippen molar-refractivity contribution in [3.63, 3.8) is 0 Å². The van der Waals surface area contributed by atoms with Crippen molar-refractivity contribution in [2.45, 2.75) is 38.1 Å². The molecule has 0 unspecified atom stereocenters. The smallest absolute Gasteiger partial charge is 0.226 e. The van der Waals surface area contributed by atoms with Crippen LogP contribution in [-0.2, 0) is 24.1 Å². The highest BCUT2D eigenvalue weighted by molar-refractivity contribution is 7.13. The molecule has 1 aliphatic rings. The van der Waals surface area contributed by atoms with Gasteiger partial charge in [-0.25, -0.2) is 0 Å². The summed E-state index contributed by atoms with van der Waals surface area (Å²) in [5.41, 5.74) is 3.87. The monoisotopic (exact) mass is 443 g/mol. The second-order valence-corrected chi connectivity index (χ2v) is 9.03. The number of carbonyl (C=O) groups excluding carboxylic acids is 1. The van der Waals surface area contributed by atoms with Gasteiger partial charge in [0.25, 0.3) is 0 Å². The summed E-state index contributed by atoms with van der Waals surface area (Å²) in [4.78, 5) is 20.8. The minimum atomic E-state index is 0.0729. The van der Waals surface area contributed by atoms with Gasteiger partial charge in [0.1, 0.15) is 0 Å². The van der Waals surface area contributed by atoms with E-state index < -0.39 is 0 Å². The van der Waals surface area contributed by atoms with Crippen LogP contribution in [0.1, 0.15) is 41.5 Å². The highest BCUT2D eigenvalue weighted by atomic mass is 32.1. The molecular weight excluding hydrogens is 418 g/mol. The maximum absolute atomic E-state index is 13.3. The van der Waals surface area contributed by atoms with Crippen molar-refractivity contribution in [3.8, 4) is 10.7 Å². The molecule has 2 aromatic carbocycles. The van der Waals surface area contributed by atoms with Gasteiger partial charge in [0.15, 0.2) is 0 Å². The average Bonchev–Trinajstić information content (AvgIpc) is 3.52. The summed E-state index contributed by atoms with van der Waals surface area (Å²) in [6, 6.07) is 23.0. The fourth-order valence-electron chi connectivity index (χ4n) is 4.40. The summed E-state index contributed by atoms with van der Waals surface area (Å²) in [7, 11) is 0. The number of thiophene rings is 1. The molecule has 5 nitrogen and oxygen atoms in total. The number of aryl methyl sites for hydroxylation is 1. The van der Waals surface area contributed by atoms with Crippen LogP contribution in [0.4, 0.5) is 0 Å². The average molecular weight is 444 g/mol. The highest BCUT2D eigenvalue weighted by Gasteiger charge is 2.30. The molecule has 3 heterocycles.